The lowest BCUT2D eigenvalue weighted by atomic mass is 10.1. The number of carbonyl (C=O) groups is 2. The molecule has 0 unspecified atom stereocenters. The summed E-state index contributed by atoms with van der Waals surface area (Å²) in [5, 5.41) is 13.0. The Morgan fingerprint density at radius 2 is 1.91 bits per heavy atom. The molecule has 2 heterocycles. The molecule has 2 aliphatic rings. The number of nitriles is 1. The highest BCUT2D eigenvalue weighted by Crippen LogP contribution is 2.40. The largest absolute Gasteiger partial charge is 0.368 e. The molecule has 2 aromatic rings. The van der Waals surface area contributed by atoms with Gasteiger partial charge >= 0.3 is 0 Å². The first-order chi connectivity index (χ1) is 15.6. The molecule has 7 nitrogen and oxygen atoms in total. The Balaban J connectivity index is 1.30. The molecule has 1 aliphatic heterocycles. The minimum atomic E-state index is -0.317. The van der Waals surface area contributed by atoms with E-state index in [0.29, 0.717) is 35.2 Å². The second-order valence-corrected chi connectivity index (χ2v) is 8.87. The first-order valence-corrected chi connectivity index (χ1v) is 12.2. The molecule has 32 heavy (non-hydrogen) atoms. The Kier molecular flexibility index (Phi) is 6.96. The van der Waals surface area contributed by atoms with Crippen LogP contribution in [-0.2, 0) is 4.79 Å². The topological polar surface area (TPSA) is 89.3 Å². The van der Waals surface area contributed by atoms with Crippen LogP contribution in [0.25, 0.3) is 0 Å². The van der Waals surface area contributed by atoms with Gasteiger partial charge in [0.2, 0.25) is 5.91 Å². The summed E-state index contributed by atoms with van der Waals surface area (Å²) in [6.07, 6.45) is 4.24. The number of carbonyl (C=O) groups excluding carboxylic acids is 2. The summed E-state index contributed by atoms with van der Waals surface area (Å²) in [6, 6.07) is 14.1. The third-order valence-electron chi connectivity index (χ3n) is 5.93. The van der Waals surface area contributed by atoms with Gasteiger partial charge in [0.15, 0.2) is 0 Å². The molecule has 166 valence electrons. The van der Waals surface area contributed by atoms with E-state index in [2.05, 4.69) is 33.4 Å². The molecule has 1 N–H and O–H groups in total. The van der Waals surface area contributed by atoms with Crippen LogP contribution in [0.3, 0.4) is 0 Å². The molecule has 1 aromatic heterocycles. The SMILES string of the molecule is CSc1nc(C2CC2)cc(C(=O)NCCC(=O)N2CCN(c3ccccc3)CC2)c1C#N. The van der Waals surface area contributed by atoms with Crippen molar-refractivity contribution in [3.05, 3.63) is 53.2 Å². The lowest BCUT2D eigenvalue weighted by molar-refractivity contribution is -0.131. The number of aromatic nitrogens is 1. The number of amides is 2. The highest BCUT2D eigenvalue weighted by atomic mass is 32.2. The van der Waals surface area contributed by atoms with E-state index < -0.39 is 0 Å². The number of piperazine rings is 1. The minimum Gasteiger partial charge on any atom is -0.368 e. The summed E-state index contributed by atoms with van der Waals surface area (Å²) in [5.41, 5.74) is 2.72. The zero-order valence-corrected chi connectivity index (χ0v) is 19.0. The van der Waals surface area contributed by atoms with Crippen molar-refractivity contribution in [2.24, 2.45) is 0 Å². The number of anilines is 1. The molecule has 2 amide bonds. The van der Waals surface area contributed by atoms with E-state index in [1.165, 1.54) is 17.4 Å². The Morgan fingerprint density at radius 1 is 1.19 bits per heavy atom. The van der Waals surface area contributed by atoms with Crippen LogP contribution in [0.2, 0.25) is 0 Å². The molecule has 0 bridgehead atoms. The van der Waals surface area contributed by atoms with Gasteiger partial charge in [-0.3, -0.25) is 9.59 Å². The lowest BCUT2D eigenvalue weighted by Crippen LogP contribution is -2.49. The molecular formula is C24H27N5O2S. The fraction of sp³-hybridized carbons (Fsp3) is 0.417. The normalized spacial score (nSPS) is 15.9. The van der Waals surface area contributed by atoms with Gasteiger partial charge in [-0.15, -0.1) is 11.8 Å². The number of hydrogen-bond donors (Lipinski definition) is 1. The second kappa shape index (κ2) is 10.0. The molecular weight excluding hydrogens is 422 g/mol. The van der Waals surface area contributed by atoms with Gasteiger partial charge in [-0.1, -0.05) is 18.2 Å². The summed E-state index contributed by atoms with van der Waals surface area (Å²) < 4.78 is 0. The molecule has 2 fully saturated rings. The standard InChI is InChI=1S/C24H27N5O2S/c1-32-24-20(16-25)19(15-21(27-24)17-7-8-17)23(31)26-10-9-22(30)29-13-11-28(12-14-29)18-5-3-2-4-6-18/h2-6,15,17H,7-14H2,1H3,(H,26,31). The smallest absolute Gasteiger partial charge is 0.252 e. The second-order valence-electron chi connectivity index (χ2n) is 8.07. The maximum atomic E-state index is 12.8. The molecule has 0 spiro atoms. The average Bonchev–Trinajstić information content (AvgIpc) is 3.69. The Morgan fingerprint density at radius 3 is 2.53 bits per heavy atom. The summed E-state index contributed by atoms with van der Waals surface area (Å²) in [7, 11) is 0. The van der Waals surface area contributed by atoms with Crippen LogP contribution in [0.4, 0.5) is 5.69 Å². The van der Waals surface area contributed by atoms with Crippen molar-refractivity contribution in [2.45, 2.75) is 30.2 Å². The molecule has 4 rings (SSSR count). The monoisotopic (exact) mass is 449 g/mol. The number of nitrogens with zero attached hydrogens (tertiary/aromatic N) is 4. The van der Waals surface area contributed by atoms with Gasteiger partial charge < -0.3 is 15.1 Å². The zero-order chi connectivity index (χ0) is 22.5. The van der Waals surface area contributed by atoms with Crippen molar-refractivity contribution in [1.82, 2.24) is 15.2 Å². The molecule has 1 aliphatic carbocycles. The van der Waals surface area contributed by atoms with Gasteiger partial charge in [0.25, 0.3) is 5.91 Å². The number of hydrogen-bond acceptors (Lipinski definition) is 6. The molecule has 1 saturated heterocycles. The van der Waals surface area contributed by atoms with Gasteiger partial charge in [0.05, 0.1) is 11.1 Å². The summed E-state index contributed by atoms with van der Waals surface area (Å²) in [5.74, 6) is 0.107. The first-order valence-electron chi connectivity index (χ1n) is 11.0. The third kappa shape index (κ3) is 5.05. The van der Waals surface area contributed by atoms with E-state index in [0.717, 1.165) is 31.6 Å². The number of thioether (sulfide) groups is 1. The van der Waals surface area contributed by atoms with Crippen LogP contribution < -0.4 is 10.2 Å². The van der Waals surface area contributed by atoms with Gasteiger partial charge in [0.1, 0.15) is 11.1 Å². The Labute approximate surface area is 192 Å². The van der Waals surface area contributed by atoms with Crippen molar-refractivity contribution in [3.8, 4) is 6.07 Å². The van der Waals surface area contributed by atoms with Crippen LogP contribution in [0.5, 0.6) is 0 Å². The number of pyridine rings is 1. The molecule has 0 atom stereocenters. The summed E-state index contributed by atoms with van der Waals surface area (Å²) >= 11 is 1.38. The predicted molar refractivity (Wildman–Crippen MR) is 125 cm³/mol. The molecule has 1 saturated carbocycles. The number of nitrogens with one attached hydrogen (secondary N) is 1. The van der Waals surface area contributed by atoms with Crippen molar-refractivity contribution >= 4 is 29.3 Å². The summed E-state index contributed by atoms with van der Waals surface area (Å²) in [4.78, 5) is 34.1. The lowest BCUT2D eigenvalue weighted by Gasteiger charge is -2.36. The number of rotatable bonds is 7. The number of benzene rings is 1. The average molecular weight is 450 g/mol. The van der Waals surface area contributed by atoms with Crippen molar-refractivity contribution < 1.29 is 9.59 Å². The highest BCUT2D eigenvalue weighted by molar-refractivity contribution is 7.98. The minimum absolute atomic E-state index is 0.0386. The van der Waals surface area contributed by atoms with Gasteiger partial charge in [-0.25, -0.2) is 4.98 Å². The van der Waals surface area contributed by atoms with Crippen molar-refractivity contribution in [1.29, 1.82) is 5.26 Å². The Hall–Kier alpha value is -3.05. The van der Waals surface area contributed by atoms with Crippen LogP contribution >= 0.6 is 11.8 Å². The van der Waals surface area contributed by atoms with Gasteiger partial charge in [-0.05, 0) is 37.3 Å². The quantitative estimate of drug-likeness (QED) is 0.654. The van der Waals surface area contributed by atoms with Gasteiger partial charge in [0, 0.05) is 56.4 Å². The highest BCUT2D eigenvalue weighted by Gasteiger charge is 2.28. The molecule has 0 radical (unpaired) electrons. The van der Waals surface area contributed by atoms with Crippen molar-refractivity contribution in [3.63, 3.8) is 0 Å². The molecule has 1 aromatic carbocycles. The third-order valence-corrected chi connectivity index (χ3v) is 6.61. The van der Waals surface area contributed by atoms with Crippen molar-refractivity contribution in [2.75, 3.05) is 43.9 Å². The summed E-state index contributed by atoms with van der Waals surface area (Å²) in [6.45, 7) is 3.19. The fourth-order valence-electron chi connectivity index (χ4n) is 3.95. The Bertz CT molecular complexity index is 1020. The van der Waals surface area contributed by atoms with Gasteiger partial charge in [-0.2, -0.15) is 5.26 Å². The predicted octanol–water partition coefficient (Wildman–Crippen LogP) is 3.02. The number of para-hydroxylation sites is 1. The van der Waals surface area contributed by atoms with E-state index in [1.807, 2.05) is 29.4 Å². The van der Waals surface area contributed by atoms with E-state index >= 15 is 0 Å². The van der Waals surface area contributed by atoms with E-state index in [-0.39, 0.29) is 24.8 Å². The molecule has 8 heteroatoms. The maximum Gasteiger partial charge on any atom is 0.252 e. The zero-order valence-electron chi connectivity index (χ0n) is 18.2. The fourth-order valence-corrected chi connectivity index (χ4v) is 4.51. The van der Waals surface area contributed by atoms with Crippen LogP contribution in [0.1, 0.15) is 46.8 Å². The van der Waals surface area contributed by atoms with E-state index in [9.17, 15) is 14.9 Å². The first kappa shape index (κ1) is 22.2. The van der Waals surface area contributed by atoms with Crippen LogP contribution in [0.15, 0.2) is 41.4 Å². The van der Waals surface area contributed by atoms with E-state index in [1.54, 1.807) is 6.07 Å². The van der Waals surface area contributed by atoms with E-state index in [4.69, 9.17) is 0 Å². The van der Waals surface area contributed by atoms with Crippen LogP contribution in [0, 0.1) is 11.3 Å². The van der Waals surface area contributed by atoms with Crippen LogP contribution in [-0.4, -0.2) is 60.7 Å². The maximum absolute atomic E-state index is 12.8.